The Balaban J connectivity index is 1.24. The second-order valence-corrected chi connectivity index (χ2v) is 18.1. The van der Waals surface area contributed by atoms with E-state index in [0.717, 1.165) is 99.1 Å². The monoisotopic (exact) mass is 730 g/mol. The van der Waals surface area contributed by atoms with Gasteiger partial charge in [-0.3, -0.25) is 0 Å². The summed E-state index contributed by atoms with van der Waals surface area (Å²) in [6, 6.07) is 51.3. The molecule has 0 saturated heterocycles. The molecule has 14 aromatic rings. The van der Waals surface area contributed by atoms with Crippen LogP contribution in [0.2, 0.25) is 0 Å². The van der Waals surface area contributed by atoms with E-state index >= 15 is 0 Å². The number of benzene rings is 8. The van der Waals surface area contributed by atoms with E-state index in [9.17, 15) is 0 Å². The largest absolute Gasteiger partial charge is 0.455 e. The lowest BCUT2D eigenvalue weighted by atomic mass is 10.1. The molecule has 0 aliphatic carbocycles. The summed E-state index contributed by atoms with van der Waals surface area (Å²) in [6.45, 7) is 0. The summed E-state index contributed by atoms with van der Waals surface area (Å²) in [7, 11) is -2.04. The van der Waals surface area contributed by atoms with Crippen molar-refractivity contribution in [2.75, 3.05) is 0 Å². The van der Waals surface area contributed by atoms with Crippen molar-refractivity contribution in [3.8, 4) is 11.4 Å². The van der Waals surface area contributed by atoms with Gasteiger partial charge in [-0.25, -0.2) is 0 Å². The van der Waals surface area contributed by atoms with Crippen LogP contribution in [0.1, 0.15) is 0 Å². The molecule has 8 heteroatoms. The first-order chi connectivity index (χ1) is 26.8. The van der Waals surface area contributed by atoms with Crippen LogP contribution < -0.4 is 0 Å². The molecular weight excluding hydrogens is 706 g/mol. The zero-order chi connectivity index (χ0) is 34.8. The number of hydrogen-bond donors (Lipinski definition) is 0. The standard InChI is InChI=1S/C46H24N2O4P2/c1-3-11-26(12-4-1)47-28-15-7-19-32-41(28)53-43-30(47)17-9-21-34(43)51-39-38-25(23-36(49-32)45(39)53)24-37-46-40(38)52-35-22-10-18-31-44(35)54(46)42-29(16-8-20-33(42)50-37)48(31)27-13-5-2-6-14-27/h1-24H. The van der Waals surface area contributed by atoms with Gasteiger partial charge in [0.1, 0.15) is 33.5 Å². The second-order valence-electron chi connectivity index (χ2n) is 14.1. The number of fused-ring (bicyclic) bond motifs is 3. The Morgan fingerprint density at radius 1 is 0.333 bits per heavy atom. The van der Waals surface area contributed by atoms with Crippen LogP contribution in [0.25, 0.3) is 120 Å². The minimum Gasteiger partial charge on any atom is -0.455 e. The Labute approximate surface area is 305 Å². The number of para-hydroxylation sites is 2. The minimum absolute atomic E-state index is 0.821. The van der Waals surface area contributed by atoms with E-state index in [1.165, 1.54) is 20.5 Å². The van der Waals surface area contributed by atoms with Gasteiger partial charge in [-0.15, -0.1) is 0 Å². The first-order valence-corrected chi connectivity index (χ1v) is 20.7. The second kappa shape index (κ2) is 9.69. The van der Waals surface area contributed by atoms with Crippen molar-refractivity contribution < 1.29 is 17.7 Å². The van der Waals surface area contributed by atoms with E-state index in [2.05, 4.69) is 155 Å². The maximum atomic E-state index is 7.19. The molecule has 54 heavy (non-hydrogen) atoms. The van der Waals surface area contributed by atoms with Crippen molar-refractivity contribution in [3.05, 3.63) is 146 Å². The van der Waals surface area contributed by atoms with E-state index in [1.54, 1.807) is 0 Å². The van der Waals surface area contributed by atoms with Gasteiger partial charge in [0.05, 0.1) is 58.2 Å². The maximum Gasteiger partial charge on any atom is 0.154 e. The Kier molecular flexibility index (Phi) is 5.02. The third kappa shape index (κ3) is 3.28. The average molecular weight is 731 g/mol. The van der Waals surface area contributed by atoms with Crippen LogP contribution >= 0.6 is 14.7 Å². The molecule has 252 valence electrons. The first kappa shape index (κ1) is 28.0. The third-order valence-corrected chi connectivity index (χ3v) is 16.6. The van der Waals surface area contributed by atoms with Gasteiger partial charge in [0.25, 0.3) is 0 Å². The highest BCUT2D eigenvalue weighted by atomic mass is 31.1. The molecule has 2 atom stereocenters. The summed E-state index contributed by atoms with van der Waals surface area (Å²) >= 11 is 0. The van der Waals surface area contributed by atoms with E-state index in [1.807, 2.05) is 0 Å². The molecule has 14 rings (SSSR count). The maximum absolute atomic E-state index is 7.19. The van der Waals surface area contributed by atoms with Crippen molar-refractivity contribution in [2.24, 2.45) is 0 Å². The summed E-state index contributed by atoms with van der Waals surface area (Å²) in [5, 5.41) is 9.01. The Morgan fingerprint density at radius 2 is 0.704 bits per heavy atom. The topological polar surface area (TPSA) is 62.4 Å². The zero-order valence-corrected chi connectivity index (χ0v) is 30.1. The van der Waals surface area contributed by atoms with Gasteiger partial charge in [0.15, 0.2) is 11.2 Å². The average Bonchev–Trinajstić information content (AvgIpc) is 3.21. The molecule has 8 aromatic carbocycles. The Hall–Kier alpha value is -6.58. The lowest BCUT2D eigenvalue weighted by molar-refractivity contribution is 0.647. The van der Waals surface area contributed by atoms with Crippen molar-refractivity contribution in [2.45, 2.75) is 0 Å². The normalized spacial score (nSPS) is 13.5. The Morgan fingerprint density at radius 3 is 1.09 bits per heavy atom. The molecule has 6 heterocycles. The van der Waals surface area contributed by atoms with Crippen LogP contribution in [0, 0.1) is 0 Å². The molecule has 0 N–H and O–H groups in total. The van der Waals surface area contributed by atoms with Gasteiger partial charge >= 0.3 is 0 Å². The molecule has 0 bridgehead atoms. The summed E-state index contributed by atoms with van der Waals surface area (Å²) < 4.78 is 32.9. The molecule has 6 nitrogen and oxygen atoms in total. The lowest BCUT2D eigenvalue weighted by Gasteiger charge is -2.23. The Bertz CT molecular complexity index is 3590. The van der Waals surface area contributed by atoms with Crippen LogP contribution in [0.15, 0.2) is 163 Å². The fourth-order valence-electron chi connectivity index (χ4n) is 9.30. The molecule has 0 aliphatic heterocycles. The van der Waals surface area contributed by atoms with Crippen molar-refractivity contribution in [3.63, 3.8) is 0 Å². The van der Waals surface area contributed by atoms with Crippen molar-refractivity contribution >= 4 is 123 Å². The highest BCUT2D eigenvalue weighted by Gasteiger charge is 2.28. The highest BCUT2D eigenvalue weighted by Crippen LogP contribution is 2.60. The smallest absolute Gasteiger partial charge is 0.154 e. The van der Waals surface area contributed by atoms with E-state index in [-0.39, 0.29) is 0 Å². The van der Waals surface area contributed by atoms with E-state index in [4.69, 9.17) is 17.7 Å². The van der Waals surface area contributed by atoms with Gasteiger partial charge < -0.3 is 26.8 Å². The minimum atomic E-state index is -1.02. The highest BCUT2D eigenvalue weighted by molar-refractivity contribution is 7.64. The number of aromatic nitrogens is 2. The van der Waals surface area contributed by atoms with Crippen LogP contribution in [0.5, 0.6) is 0 Å². The first-order valence-electron chi connectivity index (χ1n) is 18.0. The number of nitrogens with zero attached hydrogens (tertiary/aromatic N) is 2. The van der Waals surface area contributed by atoms with Gasteiger partial charge in [-0.05, 0) is 90.3 Å². The van der Waals surface area contributed by atoms with Gasteiger partial charge in [0.2, 0.25) is 0 Å². The van der Waals surface area contributed by atoms with Crippen LogP contribution in [-0.4, -0.2) is 9.13 Å². The molecule has 0 saturated carbocycles. The molecule has 2 unspecified atom stereocenters. The summed E-state index contributed by atoms with van der Waals surface area (Å²) in [6.07, 6.45) is 0. The van der Waals surface area contributed by atoms with E-state index < -0.39 is 14.7 Å². The van der Waals surface area contributed by atoms with Crippen molar-refractivity contribution in [1.82, 2.24) is 9.13 Å². The van der Waals surface area contributed by atoms with E-state index in [0.29, 0.717) is 0 Å². The third-order valence-electron chi connectivity index (χ3n) is 11.3. The lowest BCUT2D eigenvalue weighted by Crippen LogP contribution is -2.00. The zero-order valence-electron chi connectivity index (χ0n) is 28.3. The fraction of sp³-hybridized carbons (Fsp3) is 0. The molecule has 6 aromatic heterocycles. The molecular formula is C46H24N2O4P2. The summed E-state index contributed by atoms with van der Waals surface area (Å²) in [4.78, 5) is 0. The summed E-state index contributed by atoms with van der Waals surface area (Å²) in [5.74, 6) is 0. The predicted octanol–water partition coefficient (Wildman–Crippen LogP) is 14.9. The van der Waals surface area contributed by atoms with Crippen LogP contribution in [0.3, 0.4) is 0 Å². The molecule has 0 radical (unpaired) electrons. The SMILES string of the molecule is c1ccc(-n2c3cccc4oc5cc6cc7oc8cccc9c8p8c7c(oc7cccc(c78)n9-c7ccccc7)c6c6oc7cccc2c7p(c56)c43)cc1. The van der Waals surface area contributed by atoms with Gasteiger partial charge in [0, 0.05) is 11.4 Å². The molecule has 0 amide bonds. The molecule has 0 fully saturated rings. The number of hydrogen-bond acceptors (Lipinski definition) is 4. The molecule has 0 aliphatic rings. The van der Waals surface area contributed by atoms with Gasteiger partial charge in [-0.1, -0.05) is 75.3 Å². The van der Waals surface area contributed by atoms with Crippen LogP contribution in [-0.2, 0) is 0 Å². The predicted molar refractivity (Wildman–Crippen MR) is 223 cm³/mol. The summed E-state index contributed by atoms with van der Waals surface area (Å²) in [5.41, 5.74) is 13.6. The van der Waals surface area contributed by atoms with Crippen molar-refractivity contribution in [1.29, 1.82) is 0 Å². The quantitative estimate of drug-likeness (QED) is 0.131. The number of rotatable bonds is 2. The molecule has 0 spiro atoms. The fourth-order valence-corrected chi connectivity index (χ4v) is 15.0. The van der Waals surface area contributed by atoms with Gasteiger partial charge in [-0.2, -0.15) is 0 Å². The van der Waals surface area contributed by atoms with Crippen LogP contribution in [0.4, 0.5) is 0 Å².